The van der Waals surface area contributed by atoms with Crippen LogP contribution in [0.4, 0.5) is 0 Å². The number of aliphatic imine (C=N–C) groups is 1. The fraction of sp³-hybridized carbons (Fsp3) is 0.650. The standard InChI is InChI=1S/C20H31ClN4O.HI/c1-16-7-9-25(10-8-16)20(22-2)23-15-19(24-11-13-26-14-12-24)17-5-3-4-6-18(17)21;/h3-6,16,19H,7-15H2,1-2H3,(H,22,23);1H. The minimum Gasteiger partial charge on any atom is -0.379 e. The molecule has 0 aliphatic carbocycles. The second kappa shape index (κ2) is 11.4. The van der Waals surface area contributed by atoms with Crippen molar-refractivity contribution in [3.05, 3.63) is 34.9 Å². The summed E-state index contributed by atoms with van der Waals surface area (Å²) in [5.74, 6) is 1.82. The average molecular weight is 507 g/mol. The number of likely N-dealkylation sites (tertiary alicyclic amines) is 1. The number of rotatable bonds is 4. The minimum atomic E-state index is 0. The average Bonchev–Trinajstić information content (AvgIpc) is 2.68. The van der Waals surface area contributed by atoms with Gasteiger partial charge in [0, 0.05) is 44.8 Å². The molecule has 1 aromatic carbocycles. The van der Waals surface area contributed by atoms with E-state index in [0.29, 0.717) is 0 Å². The highest BCUT2D eigenvalue weighted by atomic mass is 127. The van der Waals surface area contributed by atoms with Gasteiger partial charge in [0.2, 0.25) is 0 Å². The Hall–Kier alpha value is -0.570. The lowest BCUT2D eigenvalue weighted by molar-refractivity contribution is 0.0169. The van der Waals surface area contributed by atoms with E-state index in [-0.39, 0.29) is 30.0 Å². The zero-order valence-corrected chi connectivity index (χ0v) is 19.5. The number of benzene rings is 1. The fourth-order valence-electron chi connectivity index (χ4n) is 3.81. The fourth-order valence-corrected chi connectivity index (χ4v) is 4.07. The van der Waals surface area contributed by atoms with Crippen molar-refractivity contribution in [1.82, 2.24) is 15.1 Å². The Morgan fingerprint density at radius 3 is 2.52 bits per heavy atom. The van der Waals surface area contributed by atoms with Gasteiger partial charge in [0.25, 0.3) is 0 Å². The van der Waals surface area contributed by atoms with Crippen molar-refractivity contribution in [2.24, 2.45) is 10.9 Å². The normalized spacial score (nSPS) is 20.9. The first-order valence-corrected chi connectivity index (χ1v) is 10.1. The maximum atomic E-state index is 6.53. The molecule has 0 aromatic heterocycles. The van der Waals surface area contributed by atoms with Gasteiger partial charge in [0.05, 0.1) is 19.3 Å². The molecule has 1 aromatic rings. The quantitative estimate of drug-likeness (QED) is 0.385. The summed E-state index contributed by atoms with van der Waals surface area (Å²) in [5, 5.41) is 4.44. The topological polar surface area (TPSA) is 40.1 Å². The maximum Gasteiger partial charge on any atom is 0.193 e. The lowest BCUT2D eigenvalue weighted by atomic mass is 9.99. The molecule has 1 atom stereocenters. The van der Waals surface area contributed by atoms with Crippen LogP contribution in [-0.2, 0) is 4.74 Å². The van der Waals surface area contributed by atoms with Crippen molar-refractivity contribution < 1.29 is 4.74 Å². The number of guanidine groups is 1. The van der Waals surface area contributed by atoms with Crippen molar-refractivity contribution in [2.75, 3.05) is 53.0 Å². The third kappa shape index (κ3) is 6.21. The van der Waals surface area contributed by atoms with Crippen LogP contribution in [-0.4, -0.2) is 68.7 Å². The van der Waals surface area contributed by atoms with Crippen molar-refractivity contribution >= 4 is 41.5 Å². The minimum absolute atomic E-state index is 0. The third-order valence-corrected chi connectivity index (χ3v) is 5.84. The number of morpholine rings is 1. The highest BCUT2D eigenvalue weighted by Crippen LogP contribution is 2.28. The first-order valence-electron chi connectivity index (χ1n) is 9.71. The van der Waals surface area contributed by atoms with E-state index in [1.165, 1.54) is 18.4 Å². The Balaban J connectivity index is 0.00000261. The molecule has 5 nitrogen and oxygen atoms in total. The predicted octanol–water partition coefficient (Wildman–Crippen LogP) is 3.64. The Morgan fingerprint density at radius 1 is 1.22 bits per heavy atom. The molecule has 152 valence electrons. The summed E-state index contributed by atoms with van der Waals surface area (Å²) in [6.45, 7) is 8.69. The van der Waals surface area contributed by atoms with E-state index < -0.39 is 0 Å². The van der Waals surface area contributed by atoms with Gasteiger partial charge in [-0.05, 0) is 30.4 Å². The maximum absolute atomic E-state index is 6.53. The lowest BCUT2D eigenvalue weighted by Crippen LogP contribution is -2.49. The summed E-state index contributed by atoms with van der Waals surface area (Å²) in [6.07, 6.45) is 2.47. The van der Waals surface area contributed by atoms with Crippen LogP contribution in [0, 0.1) is 5.92 Å². The predicted molar refractivity (Wildman–Crippen MR) is 123 cm³/mol. The molecular weight excluding hydrogens is 475 g/mol. The summed E-state index contributed by atoms with van der Waals surface area (Å²) in [5.41, 5.74) is 1.17. The van der Waals surface area contributed by atoms with Gasteiger partial charge in [-0.25, -0.2) is 0 Å². The van der Waals surface area contributed by atoms with Crippen LogP contribution in [0.5, 0.6) is 0 Å². The molecule has 2 heterocycles. The van der Waals surface area contributed by atoms with Crippen LogP contribution < -0.4 is 5.32 Å². The van der Waals surface area contributed by atoms with Crippen molar-refractivity contribution in [1.29, 1.82) is 0 Å². The molecule has 27 heavy (non-hydrogen) atoms. The van der Waals surface area contributed by atoms with Gasteiger partial charge in [-0.3, -0.25) is 9.89 Å². The van der Waals surface area contributed by atoms with Crippen molar-refractivity contribution in [2.45, 2.75) is 25.8 Å². The summed E-state index contributed by atoms with van der Waals surface area (Å²) < 4.78 is 5.54. The van der Waals surface area contributed by atoms with E-state index in [9.17, 15) is 0 Å². The molecule has 7 heteroatoms. The molecule has 0 spiro atoms. The van der Waals surface area contributed by atoms with E-state index in [2.05, 4.69) is 39.2 Å². The number of nitrogens with one attached hydrogen (secondary N) is 1. The second-order valence-corrected chi connectivity index (χ2v) is 7.69. The molecule has 0 saturated carbocycles. The molecule has 0 radical (unpaired) electrons. The van der Waals surface area contributed by atoms with E-state index in [4.69, 9.17) is 16.3 Å². The first-order chi connectivity index (χ1) is 12.7. The monoisotopic (exact) mass is 506 g/mol. The molecule has 3 rings (SSSR count). The number of piperidine rings is 1. The molecule has 1 unspecified atom stereocenters. The van der Waals surface area contributed by atoms with Crippen molar-refractivity contribution in [3.8, 4) is 0 Å². The largest absolute Gasteiger partial charge is 0.379 e. The molecular formula is C20H32ClIN4O. The molecule has 2 fully saturated rings. The van der Waals surface area contributed by atoms with Crippen LogP contribution in [0.3, 0.4) is 0 Å². The molecule has 1 N–H and O–H groups in total. The van der Waals surface area contributed by atoms with E-state index in [1.807, 2.05) is 19.2 Å². The van der Waals surface area contributed by atoms with Gasteiger partial charge in [-0.1, -0.05) is 36.7 Å². The Kier molecular flexibility index (Phi) is 9.62. The smallest absolute Gasteiger partial charge is 0.193 e. The zero-order valence-electron chi connectivity index (χ0n) is 16.4. The van der Waals surface area contributed by atoms with Crippen molar-refractivity contribution in [3.63, 3.8) is 0 Å². The van der Waals surface area contributed by atoms with Gasteiger partial charge in [0.1, 0.15) is 0 Å². The van der Waals surface area contributed by atoms with Gasteiger partial charge in [0.15, 0.2) is 5.96 Å². The Bertz CT molecular complexity index is 601. The molecule has 2 saturated heterocycles. The van der Waals surface area contributed by atoms with Crippen LogP contribution in [0.2, 0.25) is 5.02 Å². The van der Waals surface area contributed by atoms with Gasteiger partial charge >= 0.3 is 0 Å². The Morgan fingerprint density at radius 2 is 1.89 bits per heavy atom. The molecule has 2 aliphatic heterocycles. The summed E-state index contributed by atoms with van der Waals surface area (Å²) in [4.78, 5) is 9.36. The Labute approximate surface area is 185 Å². The first kappa shape index (κ1) is 22.7. The highest BCUT2D eigenvalue weighted by molar-refractivity contribution is 14.0. The van der Waals surface area contributed by atoms with Crippen LogP contribution in [0.15, 0.2) is 29.3 Å². The number of hydrogen-bond acceptors (Lipinski definition) is 3. The highest BCUT2D eigenvalue weighted by Gasteiger charge is 2.26. The van der Waals surface area contributed by atoms with Gasteiger partial charge < -0.3 is 15.0 Å². The number of halogens is 2. The summed E-state index contributed by atoms with van der Waals surface area (Å²) >= 11 is 6.53. The molecule has 0 amide bonds. The zero-order chi connectivity index (χ0) is 18.4. The lowest BCUT2D eigenvalue weighted by Gasteiger charge is -2.37. The van der Waals surface area contributed by atoms with E-state index in [1.54, 1.807) is 0 Å². The van der Waals surface area contributed by atoms with E-state index >= 15 is 0 Å². The van der Waals surface area contributed by atoms with Crippen LogP contribution in [0.1, 0.15) is 31.4 Å². The number of ether oxygens (including phenoxy) is 1. The SMILES string of the molecule is CN=C(NCC(c1ccccc1Cl)N1CCOCC1)N1CCC(C)CC1.I. The summed E-state index contributed by atoms with van der Waals surface area (Å²) in [6, 6.07) is 8.38. The second-order valence-electron chi connectivity index (χ2n) is 7.28. The van der Waals surface area contributed by atoms with Crippen LogP contribution in [0.25, 0.3) is 0 Å². The van der Waals surface area contributed by atoms with E-state index in [0.717, 1.165) is 62.8 Å². The molecule has 0 bridgehead atoms. The van der Waals surface area contributed by atoms with Gasteiger partial charge in [-0.2, -0.15) is 0 Å². The van der Waals surface area contributed by atoms with Gasteiger partial charge in [-0.15, -0.1) is 24.0 Å². The summed E-state index contributed by atoms with van der Waals surface area (Å²) in [7, 11) is 1.87. The number of hydrogen-bond donors (Lipinski definition) is 1. The van der Waals surface area contributed by atoms with Crippen LogP contribution >= 0.6 is 35.6 Å². The number of nitrogens with zero attached hydrogens (tertiary/aromatic N) is 3. The third-order valence-electron chi connectivity index (χ3n) is 5.50. The molecule has 2 aliphatic rings.